The Labute approximate surface area is 165 Å². The minimum Gasteiger partial charge on any atom is -0.327 e. The molecule has 0 radical (unpaired) electrons. The summed E-state index contributed by atoms with van der Waals surface area (Å²) in [6.07, 6.45) is 6.13. The van der Waals surface area contributed by atoms with Gasteiger partial charge < -0.3 is 10.2 Å². The number of hydrogen-bond donors (Lipinski definition) is 2. The van der Waals surface area contributed by atoms with Crippen molar-refractivity contribution in [2.45, 2.75) is 32.1 Å². The summed E-state index contributed by atoms with van der Waals surface area (Å²) < 4.78 is 0. The third-order valence-electron chi connectivity index (χ3n) is 5.01. The lowest BCUT2D eigenvalue weighted by Crippen LogP contribution is -3.13. The quantitative estimate of drug-likeness (QED) is 0.775. The number of carbonyl (C=O) groups excluding carboxylic acids is 2. The van der Waals surface area contributed by atoms with Crippen LogP contribution in [0, 0.1) is 0 Å². The lowest BCUT2D eigenvalue weighted by molar-refractivity contribution is -0.892. The number of halogens is 1. The van der Waals surface area contributed by atoms with Crippen LogP contribution in [0.5, 0.6) is 0 Å². The molecular formula is C22H26ClN2O2+. The molecule has 0 aromatic heterocycles. The third kappa shape index (κ3) is 5.65. The lowest BCUT2D eigenvalue weighted by atomic mass is 10.0. The number of anilines is 1. The Hall–Kier alpha value is -2.17. The number of nitrogens with one attached hydrogen (secondary N) is 2. The van der Waals surface area contributed by atoms with E-state index in [0.717, 1.165) is 13.1 Å². The van der Waals surface area contributed by atoms with Crippen molar-refractivity contribution < 1.29 is 14.5 Å². The molecule has 2 aromatic carbocycles. The highest BCUT2D eigenvalue weighted by Crippen LogP contribution is 2.23. The molecule has 1 aliphatic heterocycles. The van der Waals surface area contributed by atoms with Crippen LogP contribution in [0.2, 0.25) is 5.02 Å². The van der Waals surface area contributed by atoms with E-state index in [1.54, 1.807) is 30.3 Å². The Morgan fingerprint density at radius 1 is 0.926 bits per heavy atom. The predicted molar refractivity (Wildman–Crippen MR) is 109 cm³/mol. The first-order valence-corrected chi connectivity index (χ1v) is 10.0. The van der Waals surface area contributed by atoms with Crippen molar-refractivity contribution in [1.29, 1.82) is 0 Å². The van der Waals surface area contributed by atoms with Crippen LogP contribution in [0.15, 0.2) is 48.5 Å². The maximum atomic E-state index is 12.9. The summed E-state index contributed by atoms with van der Waals surface area (Å²) in [5, 5.41) is 3.41. The van der Waals surface area contributed by atoms with Gasteiger partial charge in [-0.1, -0.05) is 48.4 Å². The smallest absolute Gasteiger partial charge is 0.279 e. The second-order valence-electron chi connectivity index (χ2n) is 7.13. The van der Waals surface area contributed by atoms with Gasteiger partial charge >= 0.3 is 0 Å². The average Bonchev–Trinajstić information content (AvgIpc) is 2.65. The molecule has 1 heterocycles. The molecule has 0 bridgehead atoms. The van der Waals surface area contributed by atoms with E-state index >= 15 is 0 Å². The van der Waals surface area contributed by atoms with Crippen molar-refractivity contribution in [3.8, 4) is 0 Å². The Kier molecular flexibility index (Phi) is 7.02. The van der Waals surface area contributed by atoms with Crippen LogP contribution in [0.1, 0.15) is 48.0 Å². The molecule has 1 amide bonds. The van der Waals surface area contributed by atoms with Crippen LogP contribution in [0.4, 0.5) is 5.69 Å². The van der Waals surface area contributed by atoms with Gasteiger partial charge in [-0.2, -0.15) is 0 Å². The number of carbonyl (C=O) groups is 2. The summed E-state index contributed by atoms with van der Waals surface area (Å²) in [5.41, 5.74) is 1.51. The van der Waals surface area contributed by atoms with E-state index in [1.165, 1.54) is 37.0 Å². The summed E-state index contributed by atoms with van der Waals surface area (Å²) in [6, 6.07) is 14.1. The summed E-state index contributed by atoms with van der Waals surface area (Å²) in [5.74, 6) is -0.206. The Bertz CT molecular complexity index is 784. The number of rotatable bonds is 5. The fraction of sp³-hybridized carbons (Fsp3) is 0.364. The van der Waals surface area contributed by atoms with Gasteiger partial charge in [0.1, 0.15) is 0 Å². The Balaban J connectivity index is 1.72. The molecule has 0 spiro atoms. The van der Waals surface area contributed by atoms with Gasteiger partial charge in [0, 0.05) is 16.1 Å². The van der Waals surface area contributed by atoms with E-state index in [9.17, 15) is 9.59 Å². The zero-order valence-electron chi connectivity index (χ0n) is 15.5. The molecule has 2 aromatic rings. The Morgan fingerprint density at radius 3 is 2.30 bits per heavy atom. The van der Waals surface area contributed by atoms with Crippen molar-refractivity contribution in [1.82, 2.24) is 0 Å². The van der Waals surface area contributed by atoms with E-state index in [4.69, 9.17) is 11.6 Å². The van der Waals surface area contributed by atoms with Gasteiger partial charge in [-0.05, 0) is 43.9 Å². The number of benzene rings is 2. The highest BCUT2D eigenvalue weighted by atomic mass is 35.5. The van der Waals surface area contributed by atoms with Gasteiger partial charge in [0.15, 0.2) is 12.3 Å². The van der Waals surface area contributed by atoms with Crippen LogP contribution in [-0.2, 0) is 4.79 Å². The van der Waals surface area contributed by atoms with E-state index in [0.29, 0.717) is 28.4 Å². The molecule has 0 aliphatic carbocycles. The molecule has 1 saturated heterocycles. The fourth-order valence-electron chi connectivity index (χ4n) is 3.56. The molecule has 0 unspecified atom stereocenters. The van der Waals surface area contributed by atoms with E-state index in [2.05, 4.69) is 5.32 Å². The number of quaternary nitrogens is 1. The summed E-state index contributed by atoms with van der Waals surface area (Å²) >= 11 is 6.11. The van der Waals surface area contributed by atoms with Gasteiger partial charge in [-0.25, -0.2) is 0 Å². The maximum Gasteiger partial charge on any atom is 0.279 e. The molecule has 142 valence electrons. The molecule has 0 atom stereocenters. The highest BCUT2D eigenvalue weighted by Gasteiger charge is 2.19. The lowest BCUT2D eigenvalue weighted by Gasteiger charge is -2.21. The van der Waals surface area contributed by atoms with Crippen LogP contribution >= 0.6 is 11.6 Å². The highest BCUT2D eigenvalue weighted by molar-refractivity contribution is 6.31. The van der Waals surface area contributed by atoms with E-state index < -0.39 is 0 Å². The predicted octanol–water partition coefficient (Wildman–Crippen LogP) is 3.36. The standard InChI is InChI=1S/C22H25ClN2O2/c23-18-11-12-20(19(15-18)22(27)17-9-5-4-6-10-17)24-21(26)16-25-13-7-2-1-3-8-14-25/h4-6,9-12,15H,1-3,7-8,13-14,16H2,(H,24,26)/p+1. The van der Waals surface area contributed by atoms with Crippen molar-refractivity contribution >= 4 is 29.0 Å². The molecule has 1 aliphatic rings. The summed E-state index contributed by atoms with van der Waals surface area (Å²) in [4.78, 5) is 26.8. The minimum absolute atomic E-state index is 0.0602. The van der Waals surface area contributed by atoms with Crippen LogP contribution in [-0.4, -0.2) is 31.3 Å². The SMILES string of the molecule is O=C(C[NH+]1CCCCCCC1)Nc1ccc(Cl)cc1C(=O)c1ccccc1. The third-order valence-corrected chi connectivity index (χ3v) is 5.24. The van der Waals surface area contributed by atoms with Crippen LogP contribution < -0.4 is 10.2 Å². The number of likely N-dealkylation sites (tertiary alicyclic amines) is 1. The second-order valence-corrected chi connectivity index (χ2v) is 7.56. The van der Waals surface area contributed by atoms with E-state index in [-0.39, 0.29) is 11.7 Å². The molecule has 3 rings (SSSR count). The van der Waals surface area contributed by atoms with Gasteiger partial charge in [-0.15, -0.1) is 0 Å². The first-order chi connectivity index (χ1) is 13.1. The maximum absolute atomic E-state index is 12.9. The van der Waals surface area contributed by atoms with Crippen molar-refractivity contribution in [2.24, 2.45) is 0 Å². The van der Waals surface area contributed by atoms with Gasteiger partial charge in [0.05, 0.1) is 18.8 Å². The van der Waals surface area contributed by atoms with Crippen molar-refractivity contribution in [3.63, 3.8) is 0 Å². The molecule has 2 N–H and O–H groups in total. The largest absolute Gasteiger partial charge is 0.327 e. The van der Waals surface area contributed by atoms with Crippen molar-refractivity contribution in [2.75, 3.05) is 25.0 Å². The molecule has 1 fully saturated rings. The van der Waals surface area contributed by atoms with Gasteiger partial charge in [-0.3, -0.25) is 9.59 Å². The molecule has 27 heavy (non-hydrogen) atoms. The number of amides is 1. The van der Waals surface area contributed by atoms with Gasteiger partial charge in [0.25, 0.3) is 5.91 Å². The molecule has 4 nitrogen and oxygen atoms in total. The average molecular weight is 386 g/mol. The zero-order chi connectivity index (χ0) is 19.1. The van der Waals surface area contributed by atoms with Crippen molar-refractivity contribution in [3.05, 3.63) is 64.7 Å². The first kappa shape index (κ1) is 19.6. The van der Waals surface area contributed by atoms with Crippen LogP contribution in [0.3, 0.4) is 0 Å². The Morgan fingerprint density at radius 2 is 1.59 bits per heavy atom. The summed E-state index contributed by atoms with van der Waals surface area (Å²) in [7, 11) is 0. The normalized spacial score (nSPS) is 15.6. The van der Waals surface area contributed by atoms with Crippen LogP contribution in [0.25, 0.3) is 0 Å². The first-order valence-electron chi connectivity index (χ1n) is 9.66. The van der Waals surface area contributed by atoms with E-state index in [1.807, 2.05) is 18.2 Å². The molecule has 0 saturated carbocycles. The summed E-state index contributed by atoms with van der Waals surface area (Å²) in [6.45, 7) is 2.50. The zero-order valence-corrected chi connectivity index (χ0v) is 16.2. The number of hydrogen-bond acceptors (Lipinski definition) is 2. The van der Waals surface area contributed by atoms with Gasteiger partial charge in [0.2, 0.25) is 0 Å². The molecular weight excluding hydrogens is 360 g/mol. The topological polar surface area (TPSA) is 50.6 Å². The molecule has 5 heteroatoms. The fourth-order valence-corrected chi connectivity index (χ4v) is 3.73. The monoisotopic (exact) mass is 385 g/mol. The number of ketones is 1. The second kappa shape index (κ2) is 9.67. The minimum atomic E-state index is -0.146.